The topological polar surface area (TPSA) is 84.0 Å². The largest absolute Gasteiger partial charge is 0.454 e. The summed E-state index contributed by atoms with van der Waals surface area (Å²) in [5.74, 6) is -0.907. The minimum atomic E-state index is -3.38. The predicted molar refractivity (Wildman–Crippen MR) is 112 cm³/mol. The molecule has 154 valence electrons. The number of carbonyl (C=O) groups is 2. The van der Waals surface area contributed by atoms with Crippen LogP contribution in [0.4, 0.5) is 11.4 Å². The summed E-state index contributed by atoms with van der Waals surface area (Å²) in [7, 11) is 0.353. The first-order chi connectivity index (χ1) is 13.6. The SMILES string of the molecule is C[C@H]1Cc2cc(C(=O)COC(=O)c3cccc(N(C)C)c3)ccc2N1S(C)(=O)=O. The summed E-state index contributed by atoms with van der Waals surface area (Å²) in [5.41, 5.74) is 3.00. The Morgan fingerprint density at radius 1 is 1.14 bits per heavy atom. The highest BCUT2D eigenvalue weighted by Gasteiger charge is 2.32. The van der Waals surface area contributed by atoms with Gasteiger partial charge in [0.2, 0.25) is 10.0 Å². The Bertz CT molecular complexity index is 1060. The Kier molecular flexibility index (Phi) is 5.66. The number of benzene rings is 2. The molecule has 1 atom stereocenters. The van der Waals surface area contributed by atoms with Crippen LogP contribution in [-0.4, -0.2) is 53.2 Å². The van der Waals surface area contributed by atoms with Gasteiger partial charge in [-0.05, 0) is 55.3 Å². The lowest BCUT2D eigenvalue weighted by molar-refractivity contribution is 0.0475. The number of fused-ring (bicyclic) bond motifs is 1. The van der Waals surface area contributed by atoms with Crippen LogP contribution >= 0.6 is 0 Å². The molecule has 1 heterocycles. The van der Waals surface area contributed by atoms with E-state index in [9.17, 15) is 18.0 Å². The fraction of sp³-hybridized carbons (Fsp3) is 0.333. The number of ketones is 1. The maximum Gasteiger partial charge on any atom is 0.338 e. The highest BCUT2D eigenvalue weighted by molar-refractivity contribution is 7.92. The standard InChI is InChI=1S/C21H24N2O5S/c1-14-10-17-11-15(8-9-19(17)23(14)29(4,26)27)20(24)13-28-21(25)16-6-5-7-18(12-16)22(2)3/h5-9,11-12,14H,10,13H2,1-4H3/t14-/m0/s1. The Morgan fingerprint density at radius 3 is 2.52 bits per heavy atom. The average molecular weight is 416 g/mol. The Balaban J connectivity index is 1.70. The molecule has 0 N–H and O–H groups in total. The van der Waals surface area contributed by atoms with E-state index in [0.29, 0.717) is 23.2 Å². The smallest absolute Gasteiger partial charge is 0.338 e. The predicted octanol–water partition coefficient (Wildman–Crippen LogP) is 2.50. The summed E-state index contributed by atoms with van der Waals surface area (Å²) < 4.78 is 30.6. The molecule has 0 saturated heterocycles. The molecule has 0 bridgehead atoms. The zero-order chi connectivity index (χ0) is 21.3. The summed E-state index contributed by atoms with van der Waals surface area (Å²) in [6.07, 6.45) is 1.70. The Labute approximate surface area is 170 Å². The summed E-state index contributed by atoms with van der Waals surface area (Å²) >= 11 is 0. The van der Waals surface area contributed by atoms with Crippen LogP contribution in [0.25, 0.3) is 0 Å². The maximum absolute atomic E-state index is 12.5. The van der Waals surface area contributed by atoms with E-state index < -0.39 is 16.0 Å². The Hall–Kier alpha value is -2.87. The van der Waals surface area contributed by atoms with Crippen LogP contribution in [0.2, 0.25) is 0 Å². The molecule has 1 aliphatic heterocycles. The van der Waals surface area contributed by atoms with Crippen molar-refractivity contribution in [3.63, 3.8) is 0 Å². The molecule has 29 heavy (non-hydrogen) atoms. The molecule has 0 fully saturated rings. The number of ether oxygens (including phenoxy) is 1. The Morgan fingerprint density at radius 2 is 1.86 bits per heavy atom. The van der Waals surface area contributed by atoms with Crippen LogP contribution in [0.5, 0.6) is 0 Å². The van der Waals surface area contributed by atoms with Crippen LogP contribution < -0.4 is 9.21 Å². The quantitative estimate of drug-likeness (QED) is 0.531. The summed E-state index contributed by atoms with van der Waals surface area (Å²) in [4.78, 5) is 26.6. The fourth-order valence-electron chi connectivity index (χ4n) is 3.49. The van der Waals surface area contributed by atoms with E-state index in [-0.39, 0.29) is 18.4 Å². The van der Waals surface area contributed by atoms with Crippen molar-refractivity contribution in [1.82, 2.24) is 0 Å². The molecule has 0 aromatic heterocycles. The van der Waals surface area contributed by atoms with Crippen LogP contribution in [0.15, 0.2) is 42.5 Å². The number of hydrogen-bond acceptors (Lipinski definition) is 6. The zero-order valence-corrected chi connectivity index (χ0v) is 17.7. The molecular weight excluding hydrogens is 392 g/mol. The second-order valence-electron chi connectivity index (χ2n) is 7.40. The molecule has 0 spiro atoms. The van der Waals surface area contributed by atoms with Crippen molar-refractivity contribution in [2.75, 3.05) is 36.2 Å². The first-order valence-corrected chi connectivity index (χ1v) is 11.0. The normalized spacial score (nSPS) is 15.7. The molecule has 8 heteroatoms. The number of Topliss-reactive ketones (excluding diaryl/α,β-unsaturated/α-hetero) is 1. The van der Waals surface area contributed by atoms with Gasteiger partial charge in [0, 0.05) is 31.4 Å². The van der Waals surface area contributed by atoms with Gasteiger partial charge in [0.05, 0.1) is 17.5 Å². The van der Waals surface area contributed by atoms with Crippen molar-refractivity contribution in [1.29, 1.82) is 0 Å². The van der Waals surface area contributed by atoms with E-state index in [1.807, 2.05) is 32.0 Å². The summed E-state index contributed by atoms with van der Waals surface area (Å²) in [5, 5.41) is 0. The number of esters is 1. The first kappa shape index (κ1) is 20.9. The molecule has 1 aliphatic rings. The number of hydrogen-bond donors (Lipinski definition) is 0. The minimum absolute atomic E-state index is 0.202. The molecule has 2 aromatic carbocycles. The van der Waals surface area contributed by atoms with Gasteiger partial charge >= 0.3 is 5.97 Å². The van der Waals surface area contributed by atoms with E-state index in [0.717, 1.165) is 11.3 Å². The van der Waals surface area contributed by atoms with Crippen LogP contribution in [0, 0.1) is 0 Å². The van der Waals surface area contributed by atoms with Gasteiger partial charge in [-0.2, -0.15) is 0 Å². The van der Waals surface area contributed by atoms with Gasteiger partial charge in [0.1, 0.15) is 0 Å². The average Bonchev–Trinajstić information content (AvgIpc) is 3.00. The lowest BCUT2D eigenvalue weighted by Gasteiger charge is -2.21. The van der Waals surface area contributed by atoms with E-state index in [1.54, 1.807) is 36.4 Å². The van der Waals surface area contributed by atoms with Crippen molar-refractivity contribution >= 4 is 33.2 Å². The van der Waals surface area contributed by atoms with Gasteiger partial charge in [-0.3, -0.25) is 9.10 Å². The number of rotatable bonds is 6. The second-order valence-corrected chi connectivity index (χ2v) is 9.26. The minimum Gasteiger partial charge on any atom is -0.454 e. The van der Waals surface area contributed by atoms with Crippen molar-refractivity contribution in [3.8, 4) is 0 Å². The monoisotopic (exact) mass is 416 g/mol. The van der Waals surface area contributed by atoms with Crippen molar-refractivity contribution in [2.24, 2.45) is 0 Å². The van der Waals surface area contributed by atoms with Gasteiger partial charge in [-0.1, -0.05) is 6.07 Å². The molecule has 0 aliphatic carbocycles. The number of anilines is 2. The number of carbonyl (C=O) groups excluding carboxylic acids is 2. The first-order valence-electron chi connectivity index (χ1n) is 9.18. The van der Waals surface area contributed by atoms with E-state index >= 15 is 0 Å². The number of nitrogens with zero attached hydrogens (tertiary/aromatic N) is 2. The second kappa shape index (κ2) is 7.87. The third kappa shape index (κ3) is 4.42. The van der Waals surface area contributed by atoms with Gasteiger partial charge in [0.25, 0.3) is 0 Å². The van der Waals surface area contributed by atoms with Crippen molar-refractivity contribution in [3.05, 3.63) is 59.2 Å². The van der Waals surface area contributed by atoms with Gasteiger partial charge in [-0.25, -0.2) is 13.2 Å². The van der Waals surface area contributed by atoms with Crippen LogP contribution in [0.3, 0.4) is 0 Å². The highest BCUT2D eigenvalue weighted by atomic mass is 32.2. The lowest BCUT2D eigenvalue weighted by Crippen LogP contribution is -2.34. The molecule has 0 unspecified atom stereocenters. The van der Waals surface area contributed by atoms with Crippen molar-refractivity contribution < 1.29 is 22.7 Å². The van der Waals surface area contributed by atoms with Crippen LogP contribution in [-0.2, 0) is 21.2 Å². The molecule has 7 nitrogen and oxygen atoms in total. The third-order valence-electron chi connectivity index (χ3n) is 4.84. The maximum atomic E-state index is 12.5. The van der Waals surface area contributed by atoms with Gasteiger partial charge < -0.3 is 9.64 Å². The summed E-state index contributed by atoms with van der Waals surface area (Å²) in [6.45, 7) is 1.45. The molecule has 0 saturated carbocycles. The van der Waals surface area contributed by atoms with Gasteiger partial charge in [0.15, 0.2) is 12.4 Å². The van der Waals surface area contributed by atoms with Crippen LogP contribution in [0.1, 0.15) is 33.2 Å². The molecular formula is C21H24N2O5S. The molecule has 0 amide bonds. The van der Waals surface area contributed by atoms with Gasteiger partial charge in [-0.15, -0.1) is 0 Å². The van der Waals surface area contributed by atoms with E-state index in [2.05, 4.69) is 0 Å². The summed E-state index contributed by atoms with van der Waals surface area (Å²) in [6, 6.07) is 11.6. The van der Waals surface area contributed by atoms with Crippen molar-refractivity contribution in [2.45, 2.75) is 19.4 Å². The highest BCUT2D eigenvalue weighted by Crippen LogP contribution is 2.34. The van der Waals surface area contributed by atoms with E-state index in [4.69, 9.17) is 4.74 Å². The fourth-order valence-corrected chi connectivity index (χ4v) is 4.75. The molecule has 3 rings (SSSR count). The lowest BCUT2D eigenvalue weighted by atomic mass is 10.0. The molecule has 2 aromatic rings. The number of sulfonamides is 1. The third-order valence-corrected chi connectivity index (χ3v) is 6.12. The molecule has 0 radical (unpaired) electrons. The zero-order valence-electron chi connectivity index (χ0n) is 16.9. The van der Waals surface area contributed by atoms with E-state index in [1.165, 1.54) is 10.6 Å².